The molecule has 6 nitrogen and oxygen atoms in total. The average Bonchev–Trinajstić information content (AvgIpc) is 2.73. The third-order valence-corrected chi connectivity index (χ3v) is 6.80. The van der Waals surface area contributed by atoms with E-state index in [0.717, 1.165) is 32.1 Å². The van der Waals surface area contributed by atoms with Gasteiger partial charge in [0.15, 0.2) is 0 Å². The summed E-state index contributed by atoms with van der Waals surface area (Å²) in [4.78, 5) is 12.6. The lowest BCUT2D eigenvalue weighted by Gasteiger charge is -2.32. The van der Waals surface area contributed by atoms with Gasteiger partial charge in [-0.1, -0.05) is 49.6 Å². The number of nitrogens with one attached hydrogen (secondary N) is 1. The molecule has 1 amide bonds. The Bertz CT molecular complexity index is 958. The molecular weight excluding hydrogens is 393 g/mol. The van der Waals surface area contributed by atoms with Gasteiger partial charge < -0.3 is 0 Å². The van der Waals surface area contributed by atoms with E-state index in [9.17, 15) is 17.6 Å². The van der Waals surface area contributed by atoms with Crippen molar-refractivity contribution < 1.29 is 17.6 Å². The van der Waals surface area contributed by atoms with Gasteiger partial charge in [-0.25, -0.2) is 18.2 Å². The van der Waals surface area contributed by atoms with Gasteiger partial charge in [-0.15, -0.1) is 0 Å². The first-order valence-electron chi connectivity index (χ1n) is 9.61. The first kappa shape index (κ1) is 21.1. The summed E-state index contributed by atoms with van der Waals surface area (Å²) in [6, 6.07) is 13.7. The lowest BCUT2D eigenvalue weighted by Crippen LogP contribution is -2.46. The van der Waals surface area contributed by atoms with Crippen LogP contribution >= 0.6 is 0 Å². The molecule has 0 unspecified atom stereocenters. The second kappa shape index (κ2) is 9.76. The zero-order valence-electron chi connectivity index (χ0n) is 16.0. The highest BCUT2D eigenvalue weighted by Crippen LogP contribution is 2.27. The third-order valence-electron chi connectivity index (χ3n) is 4.88. The molecule has 0 aromatic heterocycles. The lowest BCUT2D eigenvalue weighted by atomic mass is 9.95. The van der Waals surface area contributed by atoms with Crippen LogP contribution in [0.1, 0.15) is 37.7 Å². The molecule has 8 heteroatoms. The molecular formula is C21H24FN3O3S. The summed E-state index contributed by atoms with van der Waals surface area (Å²) in [5.74, 6) is -0.944. The van der Waals surface area contributed by atoms with Crippen LogP contribution in [0.15, 0.2) is 64.6 Å². The SMILES string of the molecule is O=C(CN(C1CCCCC1)S(=O)(=O)c1ccccc1)N/N=C\c1cccc(F)c1. The molecule has 1 N–H and O–H groups in total. The van der Waals surface area contributed by atoms with Crippen LogP contribution in [0.3, 0.4) is 0 Å². The van der Waals surface area contributed by atoms with Gasteiger partial charge in [0, 0.05) is 6.04 Å². The summed E-state index contributed by atoms with van der Waals surface area (Å²) in [7, 11) is -3.81. The second-order valence-electron chi connectivity index (χ2n) is 7.00. The summed E-state index contributed by atoms with van der Waals surface area (Å²) >= 11 is 0. The molecule has 0 heterocycles. The first-order chi connectivity index (χ1) is 14.0. The van der Waals surface area contributed by atoms with Gasteiger partial charge in [0.05, 0.1) is 17.7 Å². The van der Waals surface area contributed by atoms with E-state index in [-0.39, 0.29) is 17.5 Å². The zero-order valence-corrected chi connectivity index (χ0v) is 16.8. The third kappa shape index (κ3) is 5.71. The van der Waals surface area contributed by atoms with Crippen LogP contribution in [0, 0.1) is 5.82 Å². The quantitative estimate of drug-likeness (QED) is 0.555. The van der Waals surface area contributed by atoms with Gasteiger partial charge in [-0.05, 0) is 42.7 Å². The van der Waals surface area contributed by atoms with Crippen molar-refractivity contribution in [2.24, 2.45) is 5.10 Å². The summed E-state index contributed by atoms with van der Waals surface area (Å²) in [6.07, 6.45) is 5.71. The Labute approximate surface area is 170 Å². The second-order valence-corrected chi connectivity index (χ2v) is 8.89. The number of sulfonamides is 1. The molecule has 0 spiro atoms. The number of rotatable bonds is 7. The van der Waals surface area contributed by atoms with Crippen molar-refractivity contribution >= 4 is 22.1 Å². The van der Waals surface area contributed by atoms with Crippen molar-refractivity contribution in [3.63, 3.8) is 0 Å². The molecule has 0 radical (unpaired) electrons. The Balaban J connectivity index is 1.73. The van der Waals surface area contributed by atoms with E-state index in [0.29, 0.717) is 5.56 Å². The van der Waals surface area contributed by atoms with Crippen molar-refractivity contribution in [1.82, 2.24) is 9.73 Å². The number of halogens is 1. The van der Waals surface area contributed by atoms with Crippen LogP contribution in [-0.2, 0) is 14.8 Å². The fourth-order valence-corrected chi connectivity index (χ4v) is 5.11. The Kier molecular flexibility index (Phi) is 7.11. The summed E-state index contributed by atoms with van der Waals surface area (Å²) in [5.41, 5.74) is 2.84. The maximum absolute atomic E-state index is 13.2. The monoisotopic (exact) mass is 417 g/mol. The fraction of sp³-hybridized carbons (Fsp3) is 0.333. The molecule has 0 aliphatic heterocycles. The normalized spacial score (nSPS) is 15.7. The standard InChI is InChI=1S/C21H24FN3O3S/c22-18-9-7-8-17(14-18)15-23-24-21(26)16-25(19-10-3-1-4-11-19)29(27,28)20-12-5-2-6-13-20/h2,5-9,12-15,19H,1,3-4,10-11,16H2,(H,24,26)/b23-15-. The predicted octanol–water partition coefficient (Wildman–Crippen LogP) is 3.30. The van der Waals surface area contributed by atoms with E-state index in [1.165, 1.54) is 40.9 Å². The van der Waals surface area contributed by atoms with E-state index in [2.05, 4.69) is 10.5 Å². The van der Waals surface area contributed by atoms with Crippen LogP contribution in [0.5, 0.6) is 0 Å². The Morgan fingerprint density at radius 3 is 2.52 bits per heavy atom. The summed E-state index contributed by atoms with van der Waals surface area (Å²) in [5, 5.41) is 3.82. The lowest BCUT2D eigenvalue weighted by molar-refractivity contribution is -0.121. The summed E-state index contributed by atoms with van der Waals surface area (Å²) < 4.78 is 40.8. The number of amides is 1. The smallest absolute Gasteiger partial charge is 0.255 e. The molecule has 3 rings (SSSR count). The Hall–Kier alpha value is -2.58. The number of nitrogens with zero attached hydrogens (tertiary/aromatic N) is 2. The first-order valence-corrected chi connectivity index (χ1v) is 11.1. The van der Waals surface area contributed by atoms with Crippen molar-refractivity contribution in [3.05, 3.63) is 66.0 Å². The minimum absolute atomic E-state index is 0.168. The average molecular weight is 418 g/mol. The van der Waals surface area contributed by atoms with Crippen LogP contribution < -0.4 is 5.43 Å². The number of carbonyl (C=O) groups is 1. The van der Waals surface area contributed by atoms with Crippen LogP contribution in [0.25, 0.3) is 0 Å². The summed E-state index contributed by atoms with van der Waals surface area (Å²) in [6.45, 7) is -0.317. The van der Waals surface area contributed by atoms with E-state index in [1.807, 2.05) is 0 Å². The molecule has 1 aliphatic carbocycles. The van der Waals surface area contributed by atoms with Crippen molar-refractivity contribution in [1.29, 1.82) is 0 Å². The van der Waals surface area contributed by atoms with Gasteiger partial charge in [0.1, 0.15) is 5.82 Å². The van der Waals surface area contributed by atoms with Gasteiger partial charge in [0.2, 0.25) is 10.0 Å². The Morgan fingerprint density at radius 1 is 1.10 bits per heavy atom. The molecule has 154 valence electrons. The van der Waals surface area contributed by atoms with Crippen LogP contribution in [0.2, 0.25) is 0 Å². The van der Waals surface area contributed by atoms with E-state index in [4.69, 9.17) is 0 Å². The van der Waals surface area contributed by atoms with Gasteiger partial charge >= 0.3 is 0 Å². The number of hydrogen-bond donors (Lipinski definition) is 1. The topological polar surface area (TPSA) is 78.8 Å². The molecule has 0 bridgehead atoms. The molecule has 0 atom stereocenters. The highest BCUT2D eigenvalue weighted by atomic mass is 32.2. The minimum Gasteiger partial charge on any atom is -0.272 e. The molecule has 2 aromatic carbocycles. The van der Waals surface area contributed by atoms with E-state index in [1.54, 1.807) is 24.3 Å². The van der Waals surface area contributed by atoms with Gasteiger partial charge in [0.25, 0.3) is 5.91 Å². The number of carbonyl (C=O) groups excluding carboxylic acids is 1. The highest BCUT2D eigenvalue weighted by molar-refractivity contribution is 7.89. The van der Waals surface area contributed by atoms with Crippen LogP contribution in [0.4, 0.5) is 4.39 Å². The molecule has 1 aliphatic rings. The fourth-order valence-electron chi connectivity index (χ4n) is 3.45. The molecule has 1 fully saturated rings. The van der Waals surface area contributed by atoms with Crippen molar-refractivity contribution in [2.75, 3.05) is 6.54 Å². The Morgan fingerprint density at radius 2 is 1.83 bits per heavy atom. The molecule has 1 saturated carbocycles. The van der Waals surface area contributed by atoms with Crippen molar-refractivity contribution in [2.45, 2.75) is 43.0 Å². The van der Waals surface area contributed by atoms with Crippen molar-refractivity contribution in [3.8, 4) is 0 Å². The van der Waals surface area contributed by atoms with Gasteiger partial charge in [-0.3, -0.25) is 4.79 Å². The number of hydrazone groups is 1. The van der Waals surface area contributed by atoms with Crippen LogP contribution in [-0.4, -0.2) is 37.4 Å². The number of benzene rings is 2. The highest BCUT2D eigenvalue weighted by Gasteiger charge is 2.33. The van der Waals surface area contributed by atoms with Gasteiger partial charge in [-0.2, -0.15) is 9.41 Å². The van der Waals surface area contributed by atoms with E-state index >= 15 is 0 Å². The largest absolute Gasteiger partial charge is 0.272 e. The maximum Gasteiger partial charge on any atom is 0.255 e. The predicted molar refractivity (Wildman–Crippen MR) is 109 cm³/mol. The molecule has 2 aromatic rings. The number of hydrogen-bond acceptors (Lipinski definition) is 4. The van der Waals surface area contributed by atoms with E-state index < -0.39 is 21.7 Å². The maximum atomic E-state index is 13.2. The minimum atomic E-state index is -3.81. The molecule has 0 saturated heterocycles. The zero-order chi connectivity index (χ0) is 20.7. The molecule has 29 heavy (non-hydrogen) atoms.